The molecule has 16 heavy (non-hydrogen) atoms. The number of methoxy groups -OCH3 is 1. The van der Waals surface area contributed by atoms with Gasteiger partial charge in [-0.05, 0) is 12.1 Å². The molecule has 0 aromatic heterocycles. The van der Waals surface area contributed by atoms with Crippen molar-refractivity contribution in [3.8, 4) is 5.75 Å². The molecule has 0 aliphatic rings. The maximum atomic E-state index is 12.9. The summed E-state index contributed by atoms with van der Waals surface area (Å²) in [5.41, 5.74) is 6.16. The van der Waals surface area contributed by atoms with Crippen LogP contribution in [0.5, 0.6) is 5.75 Å². The van der Waals surface area contributed by atoms with Crippen LogP contribution in [0.2, 0.25) is 0 Å². The molecule has 1 aromatic rings. The van der Waals surface area contributed by atoms with E-state index in [1.807, 2.05) is 20.8 Å². The number of hydrogen-bond donors (Lipinski definition) is 1. The second kappa shape index (κ2) is 4.51. The molecule has 4 heteroatoms. The van der Waals surface area contributed by atoms with Crippen molar-refractivity contribution in [1.29, 1.82) is 0 Å². The molecule has 1 rings (SSSR count). The van der Waals surface area contributed by atoms with E-state index in [-0.39, 0.29) is 11.2 Å². The maximum Gasteiger partial charge on any atom is 0.147 e. The van der Waals surface area contributed by atoms with Crippen molar-refractivity contribution in [2.75, 3.05) is 7.11 Å². The summed E-state index contributed by atoms with van der Waals surface area (Å²) in [6, 6.07) is 4.17. The van der Waals surface area contributed by atoms with Crippen LogP contribution in [0.4, 0.5) is 10.1 Å². The first-order valence-corrected chi connectivity index (χ1v) is 5.03. The van der Waals surface area contributed by atoms with Gasteiger partial charge in [-0.3, -0.25) is 0 Å². The molecule has 1 aromatic carbocycles. The summed E-state index contributed by atoms with van der Waals surface area (Å²) in [5, 5.41) is 0. The largest absolute Gasteiger partial charge is 0.494 e. The molecular formula is C12H17FN2O. The third-order valence-electron chi connectivity index (χ3n) is 2.15. The van der Waals surface area contributed by atoms with Gasteiger partial charge >= 0.3 is 0 Å². The van der Waals surface area contributed by atoms with Crippen LogP contribution in [-0.4, -0.2) is 12.9 Å². The summed E-state index contributed by atoms with van der Waals surface area (Å²) in [7, 11) is 1.47. The summed E-state index contributed by atoms with van der Waals surface area (Å²) in [4.78, 5) is 4.24. The highest BCUT2D eigenvalue weighted by atomic mass is 19.1. The van der Waals surface area contributed by atoms with Gasteiger partial charge in [0.25, 0.3) is 0 Å². The van der Waals surface area contributed by atoms with E-state index in [1.54, 1.807) is 6.07 Å². The Morgan fingerprint density at radius 1 is 1.38 bits per heavy atom. The van der Waals surface area contributed by atoms with Gasteiger partial charge in [-0.25, -0.2) is 9.38 Å². The average molecular weight is 224 g/mol. The lowest BCUT2D eigenvalue weighted by atomic mass is 9.95. The number of aliphatic imine (C=N–C) groups is 1. The zero-order valence-corrected chi connectivity index (χ0v) is 10.0. The van der Waals surface area contributed by atoms with Gasteiger partial charge in [0.1, 0.15) is 23.1 Å². The highest BCUT2D eigenvalue weighted by molar-refractivity contribution is 5.88. The van der Waals surface area contributed by atoms with Gasteiger partial charge in [0, 0.05) is 11.5 Å². The van der Waals surface area contributed by atoms with Gasteiger partial charge in [0.2, 0.25) is 0 Å². The van der Waals surface area contributed by atoms with Crippen LogP contribution in [-0.2, 0) is 0 Å². The molecule has 88 valence electrons. The third kappa shape index (κ3) is 2.95. The Balaban J connectivity index is 3.15. The SMILES string of the molecule is COc1cc(F)ccc1N=C(N)C(C)(C)C. The summed E-state index contributed by atoms with van der Waals surface area (Å²) in [6.45, 7) is 5.88. The van der Waals surface area contributed by atoms with E-state index < -0.39 is 0 Å². The summed E-state index contributed by atoms with van der Waals surface area (Å²) < 4.78 is 18.0. The van der Waals surface area contributed by atoms with Gasteiger partial charge in [-0.15, -0.1) is 0 Å². The molecule has 3 nitrogen and oxygen atoms in total. The normalized spacial score (nSPS) is 12.7. The zero-order valence-electron chi connectivity index (χ0n) is 10.0. The molecule has 0 aliphatic carbocycles. The monoisotopic (exact) mass is 224 g/mol. The van der Waals surface area contributed by atoms with Crippen molar-refractivity contribution in [3.63, 3.8) is 0 Å². The Morgan fingerprint density at radius 3 is 2.50 bits per heavy atom. The van der Waals surface area contributed by atoms with Crippen LogP contribution in [0, 0.1) is 11.2 Å². The standard InChI is InChI=1S/C12H17FN2O/c1-12(2,3)11(14)15-9-6-5-8(13)7-10(9)16-4/h5-7H,1-4H3,(H2,14,15). The predicted molar refractivity (Wildman–Crippen MR) is 63.7 cm³/mol. The summed E-state index contributed by atoms with van der Waals surface area (Å²) in [5.74, 6) is 0.509. The average Bonchev–Trinajstić information content (AvgIpc) is 2.19. The van der Waals surface area contributed by atoms with Crippen LogP contribution < -0.4 is 10.5 Å². The van der Waals surface area contributed by atoms with Crippen molar-refractivity contribution >= 4 is 11.5 Å². The molecule has 0 saturated carbocycles. The Labute approximate surface area is 95.1 Å². The van der Waals surface area contributed by atoms with Crippen molar-refractivity contribution in [1.82, 2.24) is 0 Å². The van der Waals surface area contributed by atoms with Crippen molar-refractivity contribution in [2.45, 2.75) is 20.8 Å². The molecule has 0 aliphatic heterocycles. The Hall–Kier alpha value is -1.58. The second-order valence-corrected chi connectivity index (χ2v) is 4.56. The number of hydrogen-bond acceptors (Lipinski definition) is 2. The predicted octanol–water partition coefficient (Wildman–Crippen LogP) is 2.87. The third-order valence-corrected chi connectivity index (χ3v) is 2.15. The first-order valence-electron chi connectivity index (χ1n) is 5.03. The van der Waals surface area contributed by atoms with Crippen LogP contribution >= 0.6 is 0 Å². The number of ether oxygens (including phenoxy) is 1. The van der Waals surface area contributed by atoms with Gasteiger partial charge < -0.3 is 10.5 Å². The molecule has 0 amide bonds. The summed E-state index contributed by atoms with van der Waals surface area (Å²) >= 11 is 0. The number of benzene rings is 1. The fourth-order valence-corrected chi connectivity index (χ4v) is 1.04. The van der Waals surface area contributed by atoms with E-state index in [0.717, 1.165) is 0 Å². The van der Waals surface area contributed by atoms with E-state index in [4.69, 9.17) is 10.5 Å². The molecule has 0 heterocycles. The van der Waals surface area contributed by atoms with Crippen molar-refractivity contribution in [2.24, 2.45) is 16.1 Å². The Bertz CT molecular complexity index is 408. The number of halogens is 1. The minimum absolute atomic E-state index is 0.223. The maximum absolute atomic E-state index is 12.9. The first kappa shape index (κ1) is 12.5. The van der Waals surface area contributed by atoms with E-state index in [1.165, 1.54) is 19.2 Å². The van der Waals surface area contributed by atoms with Crippen LogP contribution in [0.15, 0.2) is 23.2 Å². The molecule has 0 spiro atoms. The number of amidine groups is 1. The molecule has 0 fully saturated rings. The lowest BCUT2D eigenvalue weighted by molar-refractivity contribution is 0.412. The number of rotatable bonds is 2. The minimum atomic E-state index is -0.356. The fourth-order valence-electron chi connectivity index (χ4n) is 1.04. The lowest BCUT2D eigenvalue weighted by Crippen LogP contribution is -2.28. The fraction of sp³-hybridized carbons (Fsp3) is 0.417. The molecule has 0 saturated heterocycles. The number of nitrogens with zero attached hydrogens (tertiary/aromatic N) is 1. The van der Waals surface area contributed by atoms with Crippen LogP contribution in [0.3, 0.4) is 0 Å². The highest BCUT2D eigenvalue weighted by Gasteiger charge is 2.16. The van der Waals surface area contributed by atoms with E-state index in [9.17, 15) is 4.39 Å². The van der Waals surface area contributed by atoms with E-state index in [2.05, 4.69) is 4.99 Å². The quantitative estimate of drug-likeness (QED) is 0.620. The van der Waals surface area contributed by atoms with Crippen molar-refractivity contribution < 1.29 is 9.13 Å². The van der Waals surface area contributed by atoms with Gasteiger partial charge in [-0.2, -0.15) is 0 Å². The number of nitrogens with two attached hydrogens (primary N) is 1. The zero-order chi connectivity index (χ0) is 12.3. The van der Waals surface area contributed by atoms with E-state index in [0.29, 0.717) is 17.3 Å². The molecule has 0 unspecified atom stereocenters. The smallest absolute Gasteiger partial charge is 0.147 e. The molecule has 0 bridgehead atoms. The topological polar surface area (TPSA) is 47.6 Å². The van der Waals surface area contributed by atoms with E-state index >= 15 is 0 Å². The highest BCUT2D eigenvalue weighted by Crippen LogP contribution is 2.29. The van der Waals surface area contributed by atoms with Gasteiger partial charge in [-0.1, -0.05) is 20.8 Å². The second-order valence-electron chi connectivity index (χ2n) is 4.56. The lowest BCUT2D eigenvalue weighted by Gasteiger charge is -2.17. The van der Waals surface area contributed by atoms with Crippen LogP contribution in [0.1, 0.15) is 20.8 Å². The molecule has 0 atom stereocenters. The summed E-state index contributed by atoms with van der Waals surface area (Å²) in [6.07, 6.45) is 0. The molecule has 0 radical (unpaired) electrons. The Kier molecular flexibility index (Phi) is 3.52. The van der Waals surface area contributed by atoms with Crippen LogP contribution in [0.25, 0.3) is 0 Å². The first-order chi connectivity index (χ1) is 7.34. The van der Waals surface area contributed by atoms with Crippen molar-refractivity contribution in [3.05, 3.63) is 24.0 Å². The van der Waals surface area contributed by atoms with Gasteiger partial charge in [0.05, 0.1) is 7.11 Å². The van der Waals surface area contributed by atoms with Gasteiger partial charge in [0.15, 0.2) is 0 Å². The minimum Gasteiger partial charge on any atom is -0.494 e. The molecule has 2 N–H and O–H groups in total. The Morgan fingerprint density at radius 2 is 2.00 bits per heavy atom. The molecular weight excluding hydrogens is 207 g/mol.